The number of aromatic carboxylic acids is 1. The summed E-state index contributed by atoms with van der Waals surface area (Å²) in [7, 11) is 0. The minimum absolute atomic E-state index is 0.0916. The number of carboxylic acid groups (broad SMARTS) is 1. The van der Waals surface area contributed by atoms with Crippen LogP contribution in [-0.4, -0.2) is 27.0 Å². The fraction of sp³-hybridized carbons (Fsp3) is 0.100. The molecule has 0 aliphatic rings. The summed E-state index contributed by atoms with van der Waals surface area (Å²) in [4.78, 5) is 32.3. The molecule has 142 valence electrons. The number of carbonyl (C=O) groups excluding carboxylic acids is 1. The lowest BCUT2D eigenvalue weighted by molar-refractivity contribution is 0.0696. The number of halogens is 1. The molecule has 2 aromatic carbocycles. The fourth-order valence-electron chi connectivity index (χ4n) is 2.45. The van der Waals surface area contributed by atoms with Crippen molar-refractivity contribution in [1.82, 2.24) is 9.97 Å². The first-order chi connectivity index (χ1) is 13.4. The van der Waals surface area contributed by atoms with Crippen LogP contribution in [0.15, 0.2) is 64.4 Å². The van der Waals surface area contributed by atoms with Crippen molar-refractivity contribution in [1.29, 1.82) is 0 Å². The van der Waals surface area contributed by atoms with Gasteiger partial charge in [0.25, 0.3) is 5.91 Å². The molecule has 1 amide bonds. The molecule has 0 saturated heterocycles. The van der Waals surface area contributed by atoms with E-state index in [1.165, 1.54) is 35.7 Å². The second-order valence-corrected chi connectivity index (χ2v) is 7.76. The summed E-state index contributed by atoms with van der Waals surface area (Å²) < 4.78 is 0.458. The molecule has 0 aliphatic heterocycles. The first-order valence-corrected chi connectivity index (χ1v) is 10.1. The Hall–Kier alpha value is -2.71. The summed E-state index contributed by atoms with van der Waals surface area (Å²) in [5, 5.41) is 12.2. The zero-order valence-corrected chi connectivity index (χ0v) is 17.3. The molecule has 0 unspecified atom stereocenters. The zero-order valence-electron chi connectivity index (χ0n) is 14.8. The third-order valence-corrected chi connectivity index (χ3v) is 5.27. The Labute approximate surface area is 174 Å². The third-order valence-electron chi connectivity index (χ3n) is 3.75. The van der Waals surface area contributed by atoms with E-state index in [9.17, 15) is 9.59 Å². The Morgan fingerprint density at radius 3 is 2.71 bits per heavy atom. The summed E-state index contributed by atoms with van der Waals surface area (Å²) in [6.45, 7) is 2.03. The average Bonchev–Trinajstić information content (AvgIpc) is 2.67. The van der Waals surface area contributed by atoms with Crippen molar-refractivity contribution >= 4 is 45.3 Å². The van der Waals surface area contributed by atoms with Gasteiger partial charge in [-0.2, -0.15) is 0 Å². The molecule has 0 spiro atoms. The van der Waals surface area contributed by atoms with Crippen molar-refractivity contribution in [2.24, 2.45) is 0 Å². The number of carbonyl (C=O) groups is 2. The molecule has 0 radical (unpaired) electrons. The van der Waals surface area contributed by atoms with Gasteiger partial charge in [-0.05, 0) is 46.6 Å². The van der Waals surface area contributed by atoms with E-state index in [2.05, 4.69) is 37.3 Å². The predicted octanol–water partition coefficient (Wildman–Crippen LogP) is 4.79. The maximum Gasteiger partial charge on any atom is 0.335 e. The fourth-order valence-corrected chi connectivity index (χ4v) is 3.58. The van der Waals surface area contributed by atoms with Crippen molar-refractivity contribution in [3.8, 4) is 0 Å². The molecular weight excluding hydrogens is 442 g/mol. The van der Waals surface area contributed by atoms with Gasteiger partial charge in [0.15, 0.2) is 5.16 Å². The third kappa shape index (κ3) is 5.17. The van der Waals surface area contributed by atoms with Crippen molar-refractivity contribution in [3.05, 3.63) is 81.6 Å². The van der Waals surface area contributed by atoms with E-state index in [-0.39, 0.29) is 11.3 Å². The maximum atomic E-state index is 12.6. The molecule has 3 aromatic rings. The molecule has 1 aromatic heterocycles. The predicted molar refractivity (Wildman–Crippen MR) is 112 cm³/mol. The molecular formula is C20H16BrN3O3S. The van der Waals surface area contributed by atoms with E-state index >= 15 is 0 Å². The lowest BCUT2D eigenvalue weighted by Crippen LogP contribution is -2.15. The molecule has 8 heteroatoms. The highest BCUT2D eigenvalue weighted by Crippen LogP contribution is 2.23. The maximum absolute atomic E-state index is 12.6. The van der Waals surface area contributed by atoms with Gasteiger partial charge in [-0.1, -0.05) is 47.7 Å². The molecule has 6 nitrogen and oxygen atoms in total. The van der Waals surface area contributed by atoms with Crippen molar-refractivity contribution in [2.45, 2.75) is 17.8 Å². The molecule has 0 aliphatic carbocycles. The number of amides is 1. The highest BCUT2D eigenvalue weighted by atomic mass is 79.9. The van der Waals surface area contributed by atoms with E-state index in [1.54, 1.807) is 12.1 Å². The Kier molecular flexibility index (Phi) is 6.43. The number of thioether (sulfide) groups is 1. The van der Waals surface area contributed by atoms with Crippen LogP contribution in [-0.2, 0) is 5.75 Å². The molecule has 0 atom stereocenters. The van der Waals surface area contributed by atoms with Gasteiger partial charge in [0, 0.05) is 17.6 Å². The standard InChI is InChI=1S/C20H16BrN3O3S/c1-12-4-2-5-13(8-12)11-28-20-22-10-16(21)17(24-20)18(25)23-15-7-3-6-14(9-15)19(26)27/h2-10H,11H2,1H3,(H,23,25)(H,26,27). The molecule has 3 rings (SSSR count). The topological polar surface area (TPSA) is 92.2 Å². The lowest BCUT2D eigenvalue weighted by Gasteiger charge is -2.08. The smallest absolute Gasteiger partial charge is 0.335 e. The Bertz CT molecular complexity index is 1040. The zero-order chi connectivity index (χ0) is 20.1. The minimum Gasteiger partial charge on any atom is -0.478 e. The number of hydrogen-bond donors (Lipinski definition) is 2. The number of carboxylic acids is 1. The quantitative estimate of drug-likeness (QED) is 0.408. The lowest BCUT2D eigenvalue weighted by atomic mass is 10.2. The van der Waals surface area contributed by atoms with E-state index in [4.69, 9.17) is 5.11 Å². The van der Waals surface area contributed by atoms with E-state index in [0.29, 0.717) is 21.1 Å². The minimum atomic E-state index is -1.06. The average molecular weight is 458 g/mol. The Balaban J connectivity index is 1.74. The molecule has 1 heterocycles. The summed E-state index contributed by atoms with van der Waals surface area (Å²) >= 11 is 4.73. The number of nitrogens with one attached hydrogen (secondary N) is 1. The van der Waals surface area contributed by atoms with Gasteiger partial charge in [-0.25, -0.2) is 14.8 Å². The van der Waals surface area contributed by atoms with Gasteiger partial charge in [0.05, 0.1) is 10.0 Å². The van der Waals surface area contributed by atoms with Crippen LogP contribution in [0.25, 0.3) is 0 Å². The van der Waals surface area contributed by atoms with Crippen molar-refractivity contribution < 1.29 is 14.7 Å². The SMILES string of the molecule is Cc1cccc(CSc2ncc(Br)c(C(=O)Nc3cccc(C(=O)O)c3)n2)c1. The first-order valence-electron chi connectivity index (χ1n) is 8.28. The number of hydrogen-bond acceptors (Lipinski definition) is 5. The van der Waals surface area contributed by atoms with Crippen molar-refractivity contribution in [3.63, 3.8) is 0 Å². The highest BCUT2D eigenvalue weighted by molar-refractivity contribution is 9.10. The van der Waals surface area contributed by atoms with Crippen LogP contribution in [0.5, 0.6) is 0 Å². The van der Waals surface area contributed by atoms with Gasteiger partial charge in [-0.3, -0.25) is 4.79 Å². The number of benzene rings is 2. The van der Waals surface area contributed by atoms with Crippen molar-refractivity contribution in [2.75, 3.05) is 5.32 Å². The molecule has 0 fully saturated rings. The first kappa shape index (κ1) is 20.0. The van der Waals surface area contributed by atoms with Crippen LogP contribution in [0.2, 0.25) is 0 Å². The number of anilines is 1. The normalized spacial score (nSPS) is 10.5. The summed E-state index contributed by atoms with van der Waals surface area (Å²) in [6.07, 6.45) is 1.54. The molecule has 2 N–H and O–H groups in total. The molecule has 0 bridgehead atoms. The van der Waals surface area contributed by atoms with Crippen LogP contribution in [0.3, 0.4) is 0 Å². The van der Waals surface area contributed by atoms with Crippen LogP contribution < -0.4 is 5.32 Å². The van der Waals surface area contributed by atoms with Crippen LogP contribution in [0.1, 0.15) is 32.0 Å². The van der Waals surface area contributed by atoms with E-state index in [1.807, 2.05) is 25.1 Å². The molecule has 28 heavy (non-hydrogen) atoms. The number of aromatic nitrogens is 2. The monoisotopic (exact) mass is 457 g/mol. The Morgan fingerprint density at radius 2 is 1.96 bits per heavy atom. The van der Waals surface area contributed by atoms with Gasteiger partial charge >= 0.3 is 5.97 Å². The number of rotatable bonds is 6. The molecule has 0 saturated carbocycles. The van der Waals surface area contributed by atoms with Crippen LogP contribution >= 0.6 is 27.7 Å². The summed E-state index contributed by atoms with van der Waals surface area (Å²) in [5.74, 6) is -0.825. The van der Waals surface area contributed by atoms with E-state index in [0.717, 1.165) is 5.56 Å². The van der Waals surface area contributed by atoms with Gasteiger partial charge < -0.3 is 10.4 Å². The van der Waals surface area contributed by atoms with Crippen LogP contribution in [0, 0.1) is 6.92 Å². The van der Waals surface area contributed by atoms with Gasteiger partial charge in [0.1, 0.15) is 5.69 Å². The largest absolute Gasteiger partial charge is 0.478 e. The highest BCUT2D eigenvalue weighted by Gasteiger charge is 2.15. The van der Waals surface area contributed by atoms with Gasteiger partial charge in [-0.15, -0.1) is 0 Å². The summed E-state index contributed by atoms with van der Waals surface area (Å²) in [5.41, 5.74) is 2.98. The number of aryl methyl sites for hydroxylation is 1. The van der Waals surface area contributed by atoms with E-state index < -0.39 is 11.9 Å². The van der Waals surface area contributed by atoms with Gasteiger partial charge in [0.2, 0.25) is 0 Å². The second-order valence-electron chi connectivity index (χ2n) is 5.97. The number of nitrogens with zero attached hydrogens (tertiary/aromatic N) is 2. The Morgan fingerprint density at radius 1 is 1.18 bits per heavy atom. The van der Waals surface area contributed by atoms with Crippen LogP contribution in [0.4, 0.5) is 5.69 Å². The summed E-state index contributed by atoms with van der Waals surface area (Å²) in [6, 6.07) is 14.2. The second kappa shape index (κ2) is 8.99.